The average molecular weight is 263 g/mol. The van der Waals surface area contributed by atoms with E-state index < -0.39 is 0 Å². The molecular formula is C16H29N3. The number of nitrogen functional groups attached to an aromatic ring is 1. The van der Waals surface area contributed by atoms with Crippen molar-refractivity contribution in [1.29, 1.82) is 0 Å². The minimum absolute atomic E-state index is 0.0384. The molecule has 2 rings (SSSR count). The molecule has 108 valence electrons. The number of hydrogen-bond donors (Lipinski definition) is 1. The first-order valence-electron chi connectivity index (χ1n) is 7.82. The fourth-order valence-corrected chi connectivity index (χ4v) is 2.72. The predicted molar refractivity (Wildman–Crippen MR) is 81.5 cm³/mol. The Bertz CT molecular complexity index is 422. The zero-order chi connectivity index (χ0) is 14.0. The second kappa shape index (κ2) is 5.56. The van der Waals surface area contributed by atoms with Crippen LogP contribution in [0.1, 0.15) is 83.7 Å². The Balaban J connectivity index is 2.16. The summed E-state index contributed by atoms with van der Waals surface area (Å²) in [6.45, 7) is 8.90. The van der Waals surface area contributed by atoms with Gasteiger partial charge in [-0.15, -0.1) is 0 Å². The molecule has 1 aromatic rings. The summed E-state index contributed by atoms with van der Waals surface area (Å²) in [5.41, 5.74) is 7.54. The molecule has 2 N–H and O–H groups in total. The SMILES string of the molecule is CCCCCCc1nc(C2CC2)n(C(C)(C)C)c1N. The molecular weight excluding hydrogens is 234 g/mol. The lowest BCUT2D eigenvalue weighted by Gasteiger charge is -2.25. The van der Waals surface area contributed by atoms with Crippen molar-refractivity contribution >= 4 is 5.82 Å². The first-order valence-corrected chi connectivity index (χ1v) is 7.82. The zero-order valence-corrected chi connectivity index (χ0v) is 13.0. The number of unbranched alkanes of at least 4 members (excludes halogenated alkanes) is 3. The summed E-state index contributed by atoms with van der Waals surface area (Å²) in [5.74, 6) is 2.80. The molecule has 0 radical (unpaired) electrons. The fraction of sp³-hybridized carbons (Fsp3) is 0.812. The van der Waals surface area contributed by atoms with Crippen LogP contribution in [0.15, 0.2) is 0 Å². The third kappa shape index (κ3) is 3.31. The topological polar surface area (TPSA) is 43.8 Å². The van der Waals surface area contributed by atoms with Gasteiger partial charge in [0.25, 0.3) is 0 Å². The van der Waals surface area contributed by atoms with Crippen LogP contribution in [0.5, 0.6) is 0 Å². The van der Waals surface area contributed by atoms with E-state index in [9.17, 15) is 0 Å². The summed E-state index contributed by atoms with van der Waals surface area (Å²) in [6.07, 6.45) is 8.69. The molecule has 0 bridgehead atoms. The average Bonchev–Trinajstić information content (AvgIpc) is 3.09. The number of nitrogens with two attached hydrogens (primary N) is 1. The number of imidazole rings is 1. The number of aromatic nitrogens is 2. The van der Waals surface area contributed by atoms with Gasteiger partial charge in [-0.25, -0.2) is 4.98 Å². The Kier molecular flexibility index (Phi) is 4.22. The number of hydrogen-bond acceptors (Lipinski definition) is 2. The molecule has 1 aromatic heterocycles. The molecule has 19 heavy (non-hydrogen) atoms. The maximum absolute atomic E-state index is 6.37. The van der Waals surface area contributed by atoms with Crippen molar-refractivity contribution in [2.75, 3.05) is 5.73 Å². The molecule has 1 heterocycles. The van der Waals surface area contributed by atoms with Crippen molar-refractivity contribution in [3.8, 4) is 0 Å². The van der Waals surface area contributed by atoms with Crippen LogP contribution in [-0.2, 0) is 12.0 Å². The Labute approximate surface area is 117 Å². The largest absolute Gasteiger partial charge is 0.384 e. The molecule has 0 aliphatic heterocycles. The maximum Gasteiger partial charge on any atom is 0.127 e. The highest BCUT2D eigenvalue weighted by Crippen LogP contribution is 2.42. The van der Waals surface area contributed by atoms with E-state index in [-0.39, 0.29) is 5.54 Å². The highest BCUT2D eigenvalue weighted by molar-refractivity contribution is 5.41. The van der Waals surface area contributed by atoms with Gasteiger partial charge in [0, 0.05) is 11.5 Å². The monoisotopic (exact) mass is 263 g/mol. The second-order valence-electron chi connectivity index (χ2n) is 6.89. The van der Waals surface area contributed by atoms with Crippen LogP contribution in [0.25, 0.3) is 0 Å². The Morgan fingerprint density at radius 3 is 2.42 bits per heavy atom. The molecule has 3 heteroatoms. The molecule has 1 aliphatic rings. The van der Waals surface area contributed by atoms with Crippen molar-refractivity contribution in [1.82, 2.24) is 9.55 Å². The number of anilines is 1. The third-order valence-corrected chi connectivity index (χ3v) is 3.90. The van der Waals surface area contributed by atoms with Gasteiger partial charge in [-0.3, -0.25) is 0 Å². The molecule has 0 spiro atoms. The second-order valence-corrected chi connectivity index (χ2v) is 6.89. The number of rotatable bonds is 6. The lowest BCUT2D eigenvalue weighted by Crippen LogP contribution is -2.25. The van der Waals surface area contributed by atoms with Crippen LogP contribution in [0.2, 0.25) is 0 Å². The van der Waals surface area contributed by atoms with Crippen LogP contribution in [0.3, 0.4) is 0 Å². The first-order chi connectivity index (χ1) is 8.95. The minimum atomic E-state index is 0.0384. The van der Waals surface area contributed by atoms with Crippen molar-refractivity contribution in [3.05, 3.63) is 11.5 Å². The van der Waals surface area contributed by atoms with E-state index >= 15 is 0 Å². The van der Waals surface area contributed by atoms with Gasteiger partial charge in [-0.2, -0.15) is 0 Å². The van der Waals surface area contributed by atoms with Gasteiger partial charge in [0.1, 0.15) is 11.6 Å². The smallest absolute Gasteiger partial charge is 0.127 e. The predicted octanol–water partition coefficient (Wildman–Crippen LogP) is 4.22. The maximum atomic E-state index is 6.37. The van der Waals surface area contributed by atoms with Crippen LogP contribution < -0.4 is 5.73 Å². The van der Waals surface area contributed by atoms with Crippen LogP contribution >= 0.6 is 0 Å². The molecule has 0 unspecified atom stereocenters. The van der Waals surface area contributed by atoms with E-state index in [2.05, 4.69) is 32.3 Å². The minimum Gasteiger partial charge on any atom is -0.384 e. The van der Waals surface area contributed by atoms with E-state index in [0.29, 0.717) is 5.92 Å². The molecule has 0 aromatic carbocycles. The standard InChI is InChI=1S/C16H29N3/c1-5-6-7-8-9-13-14(17)19(16(2,3)4)15(18-13)12-10-11-12/h12H,5-11,17H2,1-4H3. The number of nitrogens with zero attached hydrogens (tertiary/aromatic N) is 2. The van der Waals surface area contributed by atoms with Gasteiger partial charge in [0.05, 0.1) is 5.69 Å². The van der Waals surface area contributed by atoms with Gasteiger partial charge in [0.15, 0.2) is 0 Å². The Morgan fingerprint density at radius 2 is 1.89 bits per heavy atom. The molecule has 1 saturated carbocycles. The Hall–Kier alpha value is -0.990. The summed E-state index contributed by atoms with van der Waals surface area (Å²) < 4.78 is 2.28. The zero-order valence-electron chi connectivity index (χ0n) is 13.0. The van der Waals surface area contributed by atoms with Gasteiger partial charge in [-0.05, 0) is 46.5 Å². The Morgan fingerprint density at radius 1 is 1.21 bits per heavy atom. The van der Waals surface area contributed by atoms with E-state index in [4.69, 9.17) is 10.7 Å². The van der Waals surface area contributed by atoms with Crippen molar-refractivity contribution in [2.24, 2.45) is 0 Å². The normalized spacial score (nSPS) is 16.0. The highest BCUT2D eigenvalue weighted by atomic mass is 15.2. The van der Waals surface area contributed by atoms with Crippen molar-refractivity contribution < 1.29 is 0 Å². The molecule has 1 fully saturated rings. The van der Waals surface area contributed by atoms with Gasteiger partial charge in [0.2, 0.25) is 0 Å². The highest BCUT2D eigenvalue weighted by Gasteiger charge is 2.33. The van der Waals surface area contributed by atoms with E-state index in [1.165, 1.54) is 44.3 Å². The first kappa shape index (κ1) is 14.4. The molecule has 0 amide bonds. The summed E-state index contributed by atoms with van der Waals surface area (Å²) in [5, 5.41) is 0. The van der Waals surface area contributed by atoms with Crippen LogP contribution in [0.4, 0.5) is 5.82 Å². The number of aryl methyl sites for hydroxylation is 1. The van der Waals surface area contributed by atoms with Gasteiger partial charge < -0.3 is 10.3 Å². The molecule has 1 aliphatic carbocycles. The van der Waals surface area contributed by atoms with E-state index in [0.717, 1.165) is 17.9 Å². The molecule has 3 nitrogen and oxygen atoms in total. The van der Waals surface area contributed by atoms with Crippen LogP contribution in [-0.4, -0.2) is 9.55 Å². The van der Waals surface area contributed by atoms with Crippen LogP contribution in [0, 0.1) is 0 Å². The van der Waals surface area contributed by atoms with Crippen molar-refractivity contribution in [2.45, 2.75) is 84.1 Å². The van der Waals surface area contributed by atoms with E-state index in [1.54, 1.807) is 0 Å². The molecule has 0 atom stereocenters. The lowest BCUT2D eigenvalue weighted by atomic mass is 10.1. The summed E-state index contributed by atoms with van der Waals surface area (Å²) in [7, 11) is 0. The summed E-state index contributed by atoms with van der Waals surface area (Å²) >= 11 is 0. The fourth-order valence-electron chi connectivity index (χ4n) is 2.72. The lowest BCUT2D eigenvalue weighted by molar-refractivity contribution is 0.388. The summed E-state index contributed by atoms with van der Waals surface area (Å²) in [6, 6.07) is 0. The molecule has 0 saturated heterocycles. The van der Waals surface area contributed by atoms with Crippen molar-refractivity contribution in [3.63, 3.8) is 0 Å². The quantitative estimate of drug-likeness (QED) is 0.781. The van der Waals surface area contributed by atoms with E-state index in [1.807, 2.05) is 0 Å². The van der Waals surface area contributed by atoms with Gasteiger partial charge >= 0.3 is 0 Å². The summed E-state index contributed by atoms with van der Waals surface area (Å²) in [4.78, 5) is 4.87. The van der Waals surface area contributed by atoms with Gasteiger partial charge in [-0.1, -0.05) is 26.2 Å². The third-order valence-electron chi connectivity index (χ3n) is 3.90.